The van der Waals surface area contributed by atoms with Gasteiger partial charge in [0.15, 0.2) is 0 Å². The molecule has 1 amide bonds. The SMILES string of the molecule is CC(CN)CNC(=O)c1ccoc1CN1c2ccccc2CC1C.Cl.Cl. The molecular weight excluding hydrogens is 373 g/mol. The van der Waals surface area contributed by atoms with Crippen molar-refractivity contribution in [2.45, 2.75) is 32.9 Å². The number of halogens is 2. The number of nitrogens with two attached hydrogens (primary N) is 1. The smallest absolute Gasteiger partial charge is 0.254 e. The van der Waals surface area contributed by atoms with Crippen molar-refractivity contribution in [1.29, 1.82) is 0 Å². The van der Waals surface area contributed by atoms with E-state index in [1.807, 2.05) is 13.0 Å². The van der Waals surface area contributed by atoms with E-state index in [1.54, 1.807) is 12.3 Å². The number of amides is 1. The van der Waals surface area contributed by atoms with Gasteiger partial charge < -0.3 is 20.4 Å². The summed E-state index contributed by atoms with van der Waals surface area (Å²) in [6.07, 6.45) is 2.61. The highest BCUT2D eigenvalue weighted by atomic mass is 35.5. The highest BCUT2D eigenvalue weighted by molar-refractivity contribution is 5.95. The summed E-state index contributed by atoms with van der Waals surface area (Å²) in [7, 11) is 0. The monoisotopic (exact) mass is 399 g/mol. The maximum absolute atomic E-state index is 12.4. The van der Waals surface area contributed by atoms with E-state index in [1.165, 1.54) is 11.3 Å². The molecule has 0 bridgehead atoms. The summed E-state index contributed by atoms with van der Waals surface area (Å²) in [4.78, 5) is 14.7. The van der Waals surface area contributed by atoms with Crippen molar-refractivity contribution < 1.29 is 9.21 Å². The zero-order valence-electron chi connectivity index (χ0n) is 15.1. The number of hydrogen-bond donors (Lipinski definition) is 2. The van der Waals surface area contributed by atoms with Crippen LogP contribution < -0.4 is 16.0 Å². The van der Waals surface area contributed by atoms with Gasteiger partial charge in [-0.25, -0.2) is 0 Å². The Morgan fingerprint density at radius 2 is 2.08 bits per heavy atom. The molecule has 144 valence electrons. The molecule has 0 spiro atoms. The van der Waals surface area contributed by atoms with Gasteiger partial charge >= 0.3 is 0 Å². The molecule has 2 atom stereocenters. The van der Waals surface area contributed by atoms with Gasteiger partial charge in [0.05, 0.1) is 18.4 Å². The molecule has 26 heavy (non-hydrogen) atoms. The third-order valence-corrected chi connectivity index (χ3v) is 4.67. The Morgan fingerprint density at radius 1 is 1.35 bits per heavy atom. The predicted octanol–water partition coefficient (Wildman–Crippen LogP) is 3.40. The molecule has 0 aliphatic carbocycles. The minimum Gasteiger partial charge on any atom is -0.467 e. The van der Waals surface area contributed by atoms with Crippen molar-refractivity contribution >= 4 is 36.4 Å². The standard InChI is InChI=1S/C19H25N3O2.2ClH/c1-13(10-20)11-21-19(23)16-7-8-24-18(16)12-22-14(2)9-15-5-3-4-6-17(15)22;;/h3-8,13-14H,9-12,20H2,1-2H3,(H,21,23);2*1H. The fourth-order valence-electron chi connectivity index (χ4n) is 3.14. The molecule has 1 aromatic heterocycles. The van der Waals surface area contributed by atoms with Gasteiger partial charge in [-0.3, -0.25) is 4.79 Å². The molecule has 1 aliphatic heterocycles. The molecule has 2 heterocycles. The van der Waals surface area contributed by atoms with Gasteiger partial charge in [0, 0.05) is 18.3 Å². The normalized spacial score (nSPS) is 16.3. The molecule has 5 nitrogen and oxygen atoms in total. The van der Waals surface area contributed by atoms with Crippen molar-refractivity contribution in [3.05, 3.63) is 53.5 Å². The minimum absolute atomic E-state index is 0. The topological polar surface area (TPSA) is 71.5 Å². The lowest BCUT2D eigenvalue weighted by molar-refractivity contribution is 0.0946. The van der Waals surface area contributed by atoms with E-state index in [-0.39, 0.29) is 36.6 Å². The largest absolute Gasteiger partial charge is 0.467 e. The van der Waals surface area contributed by atoms with E-state index < -0.39 is 0 Å². The van der Waals surface area contributed by atoms with Crippen LogP contribution in [0.1, 0.15) is 35.5 Å². The summed E-state index contributed by atoms with van der Waals surface area (Å²) < 4.78 is 5.62. The first-order valence-corrected chi connectivity index (χ1v) is 8.49. The Kier molecular flexibility index (Phi) is 8.47. The summed E-state index contributed by atoms with van der Waals surface area (Å²) in [5, 5.41) is 2.93. The minimum atomic E-state index is -0.0980. The predicted molar refractivity (Wildman–Crippen MR) is 110 cm³/mol. The van der Waals surface area contributed by atoms with Crippen molar-refractivity contribution in [2.24, 2.45) is 11.7 Å². The molecule has 0 radical (unpaired) electrons. The molecule has 0 saturated carbocycles. The van der Waals surface area contributed by atoms with Gasteiger partial charge in [0.2, 0.25) is 0 Å². The second-order valence-corrected chi connectivity index (χ2v) is 6.62. The van der Waals surface area contributed by atoms with E-state index in [0.717, 1.165) is 6.42 Å². The molecule has 1 aromatic carbocycles. The molecule has 0 saturated heterocycles. The van der Waals surface area contributed by atoms with Gasteiger partial charge in [-0.2, -0.15) is 0 Å². The van der Waals surface area contributed by atoms with Crippen LogP contribution in [0.3, 0.4) is 0 Å². The van der Waals surface area contributed by atoms with Crippen molar-refractivity contribution in [1.82, 2.24) is 5.32 Å². The summed E-state index contributed by atoms with van der Waals surface area (Å²) in [5.41, 5.74) is 8.78. The second-order valence-electron chi connectivity index (χ2n) is 6.62. The van der Waals surface area contributed by atoms with Crippen LogP contribution in [0.25, 0.3) is 0 Å². The first-order valence-electron chi connectivity index (χ1n) is 8.49. The number of rotatable bonds is 6. The Balaban J connectivity index is 0.00000169. The van der Waals surface area contributed by atoms with Crippen LogP contribution in [0.4, 0.5) is 5.69 Å². The zero-order chi connectivity index (χ0) is 17.1. The van der Waals surface area contributed by atoms with Crippen molar-refractivity contribution in [3.63, 3.8) is 0 Å². The molecule has 1 aliphatic rings. The van der Waals surface area contributed by atoms with Crippen LogP contribution in [0.15, 0.2) is 41.0 Å². The van der Waals surface area contributed by atoms with E-state index in [2.05, 4.69) is 35.3 Å². The van der Waals surface area contributed by atoms with E-state index in [0.29, 0.717) is 37.0 Å². The van der Waals surface area contributed by atoms with Crippen LogP contribution in [0.2, 0.25) is 0 Å². The molecule has 2 unspecified atom stereocenters. The van der Waals surface area contributed by atoms with E-state index in [4.69, 9.17) is 10.2 Å². The average molecular weight is 400 g/mol. The number of nitrogens with zero attached hydrogens (tertiary/aromatic N) is 1. The number of carbonyl (C=O) groups excluding carboxylic acids is 1. The van der Waals surface area contributed by atoms with Crippen LogP contribution in [0, 0.1) is 5.92 Å². The number of hydrogen-bond acceptors (Lipinski definition) is 4. The number of anilines is 1. The molecule has 3 rings (SSSR count). The first-order chi connectivity index (χ1) is 11.6. The third kappa shape index (κ3) is 4.72. The van der Waals surface area contributed by atoms with E-state index >= 15 is 0 Å². The number of carbonyl (C=O) groups is 1. The Morgan fingerprint density at radius 3 is 2.81 bits per heavy atom. The Hall–Kier alpha value is -1.69. The van der Waals surface area contributed by atoms with Crippen LogP contribution in [-0.2, 0) is 13.0 Å². The quantitative estimate of drug-likeness (QED) is 0.780. The number of para-hydroxylation sites is 1. The summed E-state index contributed by atoms with van der Waals surface area (Å²) >= 11 is 0. The maximum Gasteiger partial charge on any atom is 0.254 e. The Labute approximate surface area is 167 Å². The molecular formula is C19H27Cl2N3O2. The molecule has 7 heteroatoms. The lowest BCUT2D eigenvalue weighted by Crippen LogP contribution is -2.33. The Bertz CT molecular complexity index is 720. The van der Waals surface area contributed by atoms with Gasteiger partial charge in [0.1, 0.15) is 5.76 Å². The third-order valence-electron chi connectivity index (χ3n) is 4.67. The number of benzene rings is 1. The number of nitrogens with one attached hydrogen (secondary N) is 1. The number of fused-ring (bicyclic) bond motifs is 1. The second kappa shape index (κ2) is 9.86. The van der Waals surface area contributed by atoms with Gasteiger partial charge in [-0.05, 0) is 43.5 Å². The van der Waals surface area contributed by atoms with E-state index in [9.17, 15) is 4.79 Å². The lowest BCUT2D eigenvalue weighted by atomic mass is 10.1. The molecule has 3 N–H and O–H groups in total. The van der Waals surface area contributed by atoms with Gasteiger partial charge in [-0.1, -0.05) is 25.1 Å². The summed E-state index contributed by atoms with van der Waals surface area (Å²) in [6, 6.07) is 10.5. The zero-order valence-corrected chi connectivity index (χ0v) is 16.7. The fourth-order valence-corrected chi connectivity index (χ4v) is 3.14. The maximum atomic E-state index is 12.4. The lowest BCUT2D eigenvalue weighted by Gasteiger charge is -2.24. The first kappa shape index (κ1) is 22.4. The number of furan rings is 1. The average Bonchev–Trinajstić information content (AvgIpc) is 3.17. The highest BCUT2D eigenvalue weighted by Crippen LogP contribution is 2.33. The summed E-state index contributed by atoms with van der Waals surface area (Å²) in [6.45, 7) is 5.94. The van der Waals surface area contributed by atoms with Gasteiger partial charge in [-0.15, -0.1) is 24.8 Å². The highest BCUT2D eigenvalue weighted by Gasteiger charge is 2.27. The van der Waals surface area contributed by atoms with Gasteiger partial charge in [0.25, 0.3) is 5.91 Å². The fraction of sp³-hybridized carbons (Fsp3) is 0.421. The summed E-state index contributed by atoms with van der Waals surface area (Å²) in [5.74, 6) is 0.866. The van der Waals surface area contributed by atoms with Crippen molar-refractivity contribution in [3.8, 4) is 0 Å². The molecule has 2 aromatic rings. The van der Waals surface area contributed by atoms with Crippen molar-refractivity contribution in [2.75, 3.05) is 18.0 Å². The van der Waals surface area contributed by atoms with Crippen LogP contribution in [-0.4, -0.2) is 25.0 Å². The van der Waals surface area contributed by atoms with Crippen LogP contribution >= 0.6 is 24.8 Å². The molecule has 0 fully saturated rings. The van der Waals surface area contributed by atoms with Crippen LogP contribution in [0.5, 0.6) is 0 Å².